The normalized spacial score (nSPS) is 14.0. The Hall–Kier alpha value is -3.53. The van der Waals surface area contributed by atoms with Gasteiger partial charge in [0, 0.05) is 28.5 Å². The van der Waals surface area contributed by atoms with E-state index in [1.165, 1.54) is 11.3 Å². The Morgan fingerprint density at radius 3 is 2.71 bits per heavy atom. The predicted octanol–water partition coefficient (Wildman–Crippen LogP) is 4.65. The summed E-state index contributed by atoms with van der Waals surface area (Å²) < 4.78 is 17.0. The van der Waals surface area contributed by atoms with Gasteiger partial charge in [0.05, 0.1) is 13.2 Å². The van der Waals surface area contributed by atoms with Crippen LogP contribution in [0.2, 0.25) is 5.02 Å². The molecule has 1 saturated heterocycles. The van der Waals surface area contributed by atoms with Gasteiger partial charge < -0.3 is 19.9 Å². The average Bonchev–Trinajstić information content (AvgIpc) is 3.28. The summed E-state index contributed by atoms with van der Waals surface area (Å²) in [4.78, 5) is 8.70. The summed E-state index contributed by atoms with van der Waals surface area (Å²) in [5.74, 6) is 1.02. The van der Waals surface area contributed by atoms with E-state index < -0.39 is 0 Å². The van der Waals surface area contributed by atoms with Crippen molar-refractivity contribution in [3.05, 3.63) is 83.1 Å². The third-order valence-electron chi connectivity index (χ3n) is 5.06. The maximum Gasteiger partial charge on any atom is 0.296 e. The van der Waals surface area contributed by atoms with Crippen LogP contribution in [0.15, 0.2) is 72.0 Å². The van der Waals surface area contributed by atoms with Crippen molar-refractivity contribution >= 4 is 33.9 Å². The highest BCUT2D eigenvalue weighted by Crippen LogP contribution is 2.34. The summed E-state index contributed by atoms with van der Waals surface area (Å²) >= 11 is 7.12. The zero-order valence-electron chi connectivity index (χ0n) is 17.9. The number of hydrogen-bond donors (Lipinski definition) is 1. The number of aliphatic imine (C=N–C) groups is 1. The van der Waals surface area contributed by atoms with Crippen molar-refractivity contribution in [1.29, 1.82) is 0 Å². The highest BCUT2D eigenvalue weighted by Gasteiger charge is 2.22. The van der Waals surface area contributed by atoms with Crippen molar-refractivity contribution in [2.45, 2.75) is 12.7 Å². The second kappa shape index (κ2) is 10.2. The zero-order valence-corrected chi connectivity index (χ0v) is 19.5. The van der Waals surface area contributed by atoms with Gasteiger partial charge in [-0.1, -0.05) is 47.0 Å². The SMILES string of the molecule is N/C(=N\c1nnc(OCc2ccc(Cl)cc2)s1)c1cnccc1-c1ccccc1OC1COC1. The molecule has 0 spiro atoms. The van der Waals surface area contributed by atoms with Gasteiger partial charge in [-0.15, -0.1) is 5.10 Å². The smallest absolute Gasteiger partial charge is 0.296 e. The fourth-order valence-corrected chi connectivity index (χ4v) is 3.99. The fraction of sp³-hybridized carbons (Fsp3) is 0.167. The van der Waals surface area contributed by atoms with Crippen molar-refractivity contribution in [2.75, 3.05) is 13.2 Å². The maximum absolute atomic E-state index is 6.38. The fourth-order valence-electron chi connectivity index (χ4n) is 3.28. The van der Waals surface area contributed by atoms with Crippen LogP contribution in [-0.2, 0) is 11.3 Å². The lowest BCUT2D eigenvalue weighted by Crippen LogP contribution is -2.38. The number of ether oxygens (including phenoxy) is 3. The van der Waals surface area contributed by atoms with Gasteiger partial charge in [0.25, 0.3) is 5.19 Å². The Kier molecular flexibility index (Phi) is 6.66. The first-order valence-corrected chi connectivity index (χ1v) is 11.7. The Morgan fingerprint density at radius 1 is 1.09 bits per heavy atom. The molecular formula is C24H20ClN5O3S. The molecule has 0 atom stereocenters. The van der Waals surface area contributed by atoms with Crippen molar-refractivity contribution in [1.82, 2.24) is 15.2 Å². The molecule has 2 aromatic carbocycles. The number of rotatable bonds is 8. The van der Waals surface area contributed by atoms with E-state index in [1.807, 2.05) is 54.6 Å². The Bertz CT molecular complexity index is 1310. The lowest BCUT2D eigenvalue weighted by molar-refractivity contribution is -0.0794. The Morgan fingerprint density at radius 2 is 1.91 bits per heavy atom. The van der Waals surface area contributed by atoms with Gasteiger partial charge in [-0.05, 0) is 46.7 Å². The molecule has 0 aliphatic carbocycles. The maximum atomic E-state index is 6.38. The number of pyridine rings is 1. The molecule has 34 heavy (non-hydrogen) atoms. The molecule has 2 N–H and O–H groups in total. The van der Waals surface area contributed by atoms with Crippen molar-refractivity contribution < 1.29 is 14.2 Å². The van der Waals surface area contributed by atoms with Crippen molar-refractivity contribution in [2.24, 2.45) is 10.7 Å². The largest absolute Gasteiger partial charge is 0.485 e. The van der Waals surface area contributed by atoms with E-state index in [-0.39, 0.29) is 11.9 Å². The average molecular weight is 494 g/mol. The molecule has 172 valence electrons. The van der Waals surface area contributed by atoms with E-state index in [4.69, 9.17) is 31.5 Å². The summed E-state index contributed by atoms with van der Waals surface area (Å²) in [6, 6.07) is 17.1. The second-order valence-electron chi connectivity index (χ2n) is 7.46. The molecule has 0 unspecified atom stereocenters. The third kappa shape index (κ3) is 5.17. The van der Waals surface area contributed by atoms with E-state index in [0.717, 1.165) is 22.4 Å². The van der Waals surface area contributed by atoms with Crippen LogP contribution in [0.5, 0.6) is 10.9 Å². The molecule has 0 amide bonds. The van der Waals surface area contributed by atoms with Gasteiger partial charge in [-0.3, -0.25) is 4.98 Å². The summed E-state index contributed by atoms with van der Waals surface area (Å²) in [6.07, 6.45) is 3.43. The second-order valence-corrected chi connectivity index (χ2v) is 8.81. The molecule has 1 aliphatic rings. The van der Waals surface area contributed by atoms with E-state index in [0.29, 0.717) is 40.7 Å². The summed E-state index contributed by atoms with van der Waals surface area (Å²) in [6.45, 7) is 1.52. The highest BCUT2D eigenvalue weighted by molar-refractivity contribution is 7.16. The molecule has 4 aromatic rings. The van der Waals surface area contributed by atoms with Crippen LogP contribution in [0.25, 0.3) is 11.1 Å². The number of aromatic nitrogens is 3. The summed E-state index contributed by atoms with van der Waals surface area (Å²) in [5.41, 5.74) is 9.77. The Balaban J connectivity index is 1.35. The molecule has 10 heteroatoms. The molecular weight excluding hydrogens is 474 g/mol. The number of halogens is 1. The van der Waals surface area contributed by atoms with Gasteiger partial charge >= 0.3 is 0 Å². The number of benzene rings is 2. The van der Waals surface area contributed by atoms with Crippen LogP contribution in [-0.4, -0.2) is 40.3 Å². The Labute approximate surface area is 205 Å². The number of para-hydroxylation sites is 1. The van der Waals surface area contributed by atoms with E-state index in [2.05, 4.69) is 20.2 Å². The first kappa shape index (κ1) is 22.3. The molecule has 2 aromatic heterocycles. The van der Waals surface area contributed by atoms with Crippen LogP contribution < -0.4 is 15.2 Å². The minimum Gasteiger partial charge on any atom is -0.485 e. The number of nitrogens with two attached hydrogens (primary N) is 1. The van der Waals surface area contributed by atoms with E-state index in [9.17, 15) is 0 Å². The predicted molar refractivity (Wildman–Crippen MR) is 131 cm³/mol. The molecule has 0 bridgehead atoms. The zero-order chi connectivity index (χ0) is 23.3. The van der Waals surface area contributed by atoms with Crippen molar-refractivity contribution in [3.63, 3.8) is 0 Å². The summed E-state index contributed by atoms with van der Waals surface area (Å²) in [7, 11) is 0. The quantitative estimate of drug-likeness (QED) is 0.281. The van der Waals surface area contributed by atoms with Crippen LogP contribution in [0.1, 0.15) is 11.1 Å². The summed E-state index contributed by atoms with van der Waals surface area (Å²) in [5, 5.41) is 9.59. The van der Waals surface area contributed by atoms with Crippen LogP contribution in [0, 0.1) is 0 Å². The monoisotopic (exact) mass is 493 g/mol. The van der Waals surface area contributed by atoms with Gasteiger partial charge in [0.15, 0.2) is 0 Å². The molecule has 1 fully saturated rings. The third-order valence-corrected chi connectivity index (χ3v) is 6.04. The van der Waals surface area contributed by atoms with E-state index in [1.54, 1.807) is 12.4 Å². The topological polar surface area (TPSA) is 105 Å². The first-order chi connectivity index (χ1) is 16.7. The minimum absolute atomic E-state index is 0.0464. The number of nitrogens with zero attached hydrogens (tertiary/aromatic N) is 4. The standard InChI is InChI=1S/C24H20ClN5O3S/c25-16-7-5-15(6-8-16)12-32-24-30-29-23(34-24)28-22(26)20-11-27-10-9-18(20)19-3-1-2-4-21(19)33-17-13-31-14-17/h1-11,17H,12-14H2,(H2,26,28,29). The minimum atomic E-state index is 0.0464. The molecule has 8 nitrogen and oxygen atoms in total. The number of hydrogen-bond acceptors (Lipinski definition) is 8. The lowest BCUT2D eigenvalue weighted by atomic mass is 10.00. The van der Waals surface area contributed by atoms with Crippen molar-refractivity contribution in [3.8, 4) is 22.1 Å². The van der Waals surface area contributed by atoms with Gasteiger partial charge in [-0.25, -0.2) is 4.99 Å². The highest BCUT2D eigenvalue weighted by atomic mass is 35.5. The van der Waals surface area contributed by atoms with E-state index >= 15 is 0 Å². The molecule has 0 radical (unpaired) electrons. The molecule has 3 heterocycles. The van der Waals surface area contributed by atoms with Gasteiger partial charge in [0.2, 0.25) is 5.13 Å². The number of amidine groups is 1. The molecule has 5 rings (SSSR count). The first-order valence-electron chi connectivity index (χ1n) is 10.5. The van der Waals surface area contributed by atoms with Crippen LogP contribution >= 0.6 is 22.9 Å². The van der Waals surface area contributed by atoms with Crippen LogP contribution in [0.4, 0.5) is 5.13 Å². The molecule has 1 aliphatic heterocycles. The lowest BCUT2D eigenvalue weighted by Gasteiger charge is -2.28. The van der Waals surface area contributed by atoms with Gasteiger partial charge in [-0.2, -0.15) is 0 Å². The van der Waals surface area contributed by atoms with Gasteiger partial charge in [0.1, 0.15) is 24.3 Å². The molecule has 0 saturated carbocycles. The van der Waals surface area contributed by atoms with Crippen LogP contribution in [0.3, 0.4) is 0 Å².